The lowest BCUT2D eigenvalue weighted by molar-refractivity contribution is -0.389. The highest BCUT2D eigenvalue weighted by atomic mass is 16.6. The van der Waals surface area contributed by atoms with E-state index in [1.54, 1.807) is 7.05 Å². The number of hydrogen-bond acceptors (Lipinski definition) is 6. The quantitative estimate of drug-likeness (QED) is 0.595. The normalized spacial score (nSPS) is 9.89. The minimum atomic E-state index is -0.700. The molecule has 2 rings (SSSR count). The Labute approximate surface area is 105 Å². The summed E-state index contributed by atoms with van der Waals surface area (Å²) in [6.07, 6.45) is 1.29. The Morgan fingerprint density at radius 1 is 1.68 bits per heavy atom. The Kier molecular flexibility index (Phi) is 2.95. The predicted octanol–water partition coefficient (Wildman–Crippen LogP) is 0.175. The van der Waals surface area contributed by atoms with Crippen molar-refractivity contribution in [3.63, 3.8) is 0 Å². The summed E-state index contributed by atoms with van der Waals surface area (Å²) in [4.78, 5) is 21.6. The monoisotopic (exact) mass is 261 g/mol. The molecule has 0 aliphatic carbocycles. The zero-order valence-electron chi connectivity index (χ0n) is 9.62. The van der Waals surface area contributed by atoms with E-state index in [1.165, 1.54) is 10.9 Å². The van der Waals surface area contributed by atoms with Crippen molar-refractivity contribution >= 4 is 17.5 Å². The maximum Gasteiger partial charge on any atom is 0.343 e. The van der Waals surface area contributed by atoms with Crippen LogP contribution >= 0.6 is 0 Å². The molecule has 0 radical (unpaired) electrons. The molecule has 0 aliphatic rings. The first-order chi connectivity index (χ1) is 9.02. The van der Waals surface area contributed by atoms with E-state index >= 15 is 0 Å². The van der Waals surface area contributed by atoms with Gasteiger partial charge in [0.1, 0.15) is 17.5 Å². The van der Waals surface area contributed by atoms with Crippen molar-refractivity contribution in [2.45, 2.75) is 0 Å². The molecule has 2 aromatic rings. The molecule has 0 aromatic carbocycles. The van der Waals surface area contributed by atoms with Crippen molar-refractivity contribution in [1.29, 1.82) is 5.26 Å². The Morgan fingerprint density at radius 3 is 3.00 bits per heavy atom. The number of rotatable bonds is 3. The van der Waals surface area contributed by atoms with Crippen LogP contribution in [0.25, 0.3) is 0 Å². The number of amides is 1. The standard InChI is InChI=1S/C9H7N7O3/c1-15-8(5(3-10)4-11-15)12-9(17)6-2-7(14-13-6)16(18)19/h2,4H,1H3,(H,12,17)(H,13,14). The number of nitrogens with one attached hydrogen (secondary N) is 2. The van der Waals surface area contributed by atoms with Crippen molar-refractivity contribution in [1.82, 2.24) is 20.0 Å². The fourth-order valence-electron chi connectivity index (χ4n) is 1.36. The van der Waals surface area contributed by atoms with E-state index < -0.39 is 16.6 Å². The lowest BCUT2D eigenvalue weighted by atomic mass is 10.3. The second-order valence-corrected chi connectivity index (χ2v) is 3.49. The van der Waals surface area contributed by atoms with Crippen LogP contribution in [0.5, 0.6) is 0 Å². The highest BCUT2D eigenvalue weighted by molar-refractivity contribution is 6.03. The third kappa shape index (κ3) is 2.25. The van der Waals surface area contributed by atoms with Crippen LogP contribution < -0.4 is 5.32 Å². The van der Waals surface area contributed by atoms with Crippen LogP contribution in [0.15, 0.2) is 12.3 Å². The summed E-state index contributed by atoms with van der Waals surface area (Å²) in [7, 11) is 1.55. The van der Waals surface area contributed by atoms with Crippen LogP contribution in [-0.4, -0.2) is 30.8 Å². The minimum absolute atomic E-state index is 0.156. The topological polar surface area (TPSA) is 143 Å². The SMILES string of the molecule is Cn1ncc(C#N)c1NC(=O)c1cc([N+](=O)[O-])[nH]n1. The molecule has 1 amide bonds. The van der Waals surface area contributed by atoms with Crippen molar-refractivity contribution in [2.75, 3.05) is 5.32 Å². The number of hydrogen-bond donors (Lipinski definition) is 2. The van der Waals surface area contributed by atoms with Gasteiger partial charge in [-0.3, -0.25) is 9.48 Å². The molecule has 2 aromatic heterocycles. The van der Waals surface area contributed by atoms with Gasteiger partial charge < -0.3 is 15.4 Å². The first-order valence-electron chi connectivity index (χ1n) is 4.96. The number of aryl methyl sites for hydroxylation is 1. The fraction of sp³-hybridized carbons (Fsp3) is 0.111. The minimum Gasteiger partial charge on any atom is -0.358 e. The summed E-state index contributed by atoms with van der Waals surface area (Å²) in [6.45, 7) is 0. The zero-order chi connectivity index (χ0) is 14.0. The van der Waals surface area contributed by atoms with Crippen molar-refractivity contribution in [3.05, 3.63) is 33.6 Å². The highest BCUT2D eigenvalue weighted by Crippen LogP contribution is 2.15. The van der Waals surface area contributed by atoms with Gasteiger partial charge in [0, 0.05) is 7.05 Å². The third-order valence-electron chi connectivity index (χ3n) is 2.28. The smallest absolute Gasteiger partial charge is 0.343 e. The van der Waals surface area contributed by atoms with Crippen LogP contribution in [-0.2, 0) is 7.05 Å². The second-order valence-electron chi connectivity index (χ2n) is 3.49. The molecule has 2 heterocycles. The van der Waals surface area contributed by atoms with Crippen LogP contribution in [0.4, 0.5) is 11.6 Å². The van der Waals surface area contributed by atoms with Crippen molar-refractivity contribution in [2.24, 2.45) is 7.05 Å². The highest BCUT2D eigenvalue weighted by Gasteiger charge is 2.19. The molecule has 0 bridgehead atoms. The summed E-state index contributed by atoms with van der Waals surface area (Å²) < 4.78 is 1.30. The number of aromatic amines is 1. The summed E-state index contributed by atoms with van der Waals surface area (Å²) in [5.74, 6) is -0.877. The van der Waals surface area contributed by atoms with Gasteiger partial charge in [-0.05, 0) is 4.92 Å². The second kappa shape index (κ2) is 4.57. The van der Waals surface area contributed by atoms with Crippen LogP contribution in [0.2, 0.25) is 0 Å². The van der Waals surface area contributed by atoms with Crippen molar-refractivity contribution in [3.8, 4) is 6.07 Å². The molecular weight excluding hydrogens is 254 g/mol. The molecular formula is C9H7N7O3. The maximum atomic E-state index is 11.8. The first kappa shape index (κ1) is 12.2. The third-order valence-corrected chi connectivity index (χ3v) is 2.28. The molecule has 0 fully saturated rings. The Morgan fingerprint density at radius 2 is 2.42 bits per heavy atom. The maximum absolute atomic E-state index is 11.8. The Hall–Kier alpha value is -3.22. The van der Waals surface area contributed by atoms with Gasteiger partial charge in [-0.1, -0.05) is 5.10 Å². The molecule has 10 nitrogen and oxygen atoms in total. The molecule has 0 unspecified atom stereocenters. The Balaban J connectivity index is 2.23. The van der Waals surface area contributed by atoms with E-state index in [-0.39, 0.29) is 17.1 Å². The van der Waals surface area contributed by atoms with Gasteiger partial charge in [0.15, 0.2) is 5.69 Å². The summed E-state index contributed by atoms with van der Waals surface area (Å²) in [5.41, 5.74) is 0.0256. The molecule has 19 heavy (non-hydrogen) atoms. The number of carbonyl (C=O) groups excluding carboxylic acids is 1. The summed E-state index contributed by atoms with van der Waals surface area (Å²) in [6, 6.07) is 2.86. The summed E-state index contributed by atoms with van der Waals surface area (Å²) in [5, 5.41) is 31.1. The molecule has 96 valence electrons. The number of nitriles is 1. The molecule has 2 N–H and O–H groups in total. The van der Waals surface area contributed by atoms with Crippen LogP contribution in [0.1, 0.15) is 16.1 Å². The van der Waals surface area contributed by atoms with Crippen LogP contribution in [0, 0.1) is 21.4 Å². The lowest BCUT2D eigenvalue weighted by Gasteiger charge is -2.02. The molecule has 0 aliphatic heterocycles. The number of aromatic nitrogens is 4. The number of carbonyl (C=O) groups is 1. The molecule has 0 spiro atoms. The average molecular weight is 261 g/mol. The predicted molar refractivity (Wildman–Crippen MR) is 61.1 cm³/mol. The van der Waals surface area contributed by atoms with Gasteiger partial charge in [-0.2, -0.15) is 10.4 Å². The van der Waals surface area contributed by atoms with Gasteiger partial charge in [0.05, 0.1) is 12.3 Å². The zero-order valence-corrected chi connectivity index (χ0v) is 9.62. The van der Waals surface area contributed by atoms with E-state index in [2.05, 4.69) is 20.6 Å². The molecule has 10 heteroatoms. The molecule has 0 saturated carbocycles. The lowest BCUT2D eigenvalue weighted by Crippen LogP contribution is -2.15. The fourth-order valence-corrected chi connectivity index (χ4v) is 1.36. The van der Waals surface area contributed by atoms with E-state index in [4.69, 9.17) is 5.26 Å². The van der Waals surface area contributed by atoms with Crippen LogP contribution in [0.3, 0.4) is 0 Å². The van der Waals surface area contributed by atoms with Gasteiger partial charge in [0.2, 0.25) is 0 Å². The average Bonchev–Trinajstić information content (AvgIpc) is 2.97. The van der Waals surface area contributed by atoms with Gasteiger partial charge >= 0.3 is 5.82 Å². The van der Waals surface area contributed by atoms with E-state index in [0.29, 0.717) is 0 Å². The van der Waals surface area contributed by atoms with Crippen molar-refractivity contribution < 1.29 is 9.72 Å². The van der Waals surface area contributed by atoms with E-state index in [1.807, 2.05) is 6.07 Å². The van der Waals surface area contributed by atoms with E-state index in [9.17, 15) is 14.9 Å². The summed E-state index contributed by atoms with van der Waals surface area (Å²) >= 11 is 0. The number of nitrogens with zero attached hydrogens (tertiary/aromatic N) is 5. The van der Waals surface area contributed by atoms with Gasteiger partial charge in [0.25, 0.3) is 5.91 Å². The van der Waals surface area contributed by atoms with Gasteiger partial charge in [-0.15, -0.1) is 5.10 Å². The largest absolute Gasteiger partial charge is 0.358 e. The Bertz CT molecular complexity index is 693. The number of anilines is 1. The van der Waals surface area contributed by atoms with E-state index in [0.717, 1.165) is 6.07 Å². The first-order valence-corrected chi connectivity index (χ1v) is 4.96. The molecule has 0 saturated heterocycles. The molecule has 0 atom stereocenters. The number of nitro groups is 1. The van der Waals surface area contributed by atoms with Gasteiger partial charge in [-0.25, -0.2) is 0 Å². The number of H-pyrrole nitrogens is 1.